The van der Waals surface area contributed by atoms with Gasteiger partial charge < -0.3 is 51.7 Å². The standard InChI is InChI=1S/C48H72N10O18S2/c1-31-25-35(26-32(2)44(31)78(74,75)55-36(47(67)68)27-52-40(60)9-4-3-8-34-12-11-33-7-5-15-50-45(33)53-34)76-24-6-10-39(59)49-16-17-51-46(66)37(30-77(71,72)73)54-41(61)14-13-38(48(69)70)58-22-20-56(28-42(62)63)18-19-57(21-23-58)29-43(64)65/h11-12,25-26,36-38,55H,3-10,13-24,27-30H2,1-2H3,(H,49,59)(H,50,53)(H,51,66)(H,52,60)(H,54,61)(H,62,63)(H,64,65)(H,67,68)(H,69,70)(H,71,72,73)/t36-,37?,38-/m1/s1. The molecule has 2 aromatic rings. The molecule has 1 aromatic heterocycles. The number of anilines is 1. The van der Waals surface area contributed by atoms with E-state index < -0.39 is 104 Å². The van der Waals surface area contributed by atoms with Crippen LogP contribution in [0.25, 0.3) is 0 Å². The molecule has 28 nitrogen and oxygen atoms in total. The fourth-order valence-corrected chi connectivity index (χ4v) is 11.1. The van der Waals surface area contributed by atoms with Crippen LogP contribution >= 0.6 is 0 Å². The van der Waals surface area contributed by atoms with Crippen LogP contribution in [0.1, 0.15) is 73.8 Å². The number of pyridine rings is 1. The normalized spacial score (nSPS) is 15.8. The van der Waals surface area contributed by atoms with E-state index in [0.29, 0.717) is 19.3 Å². The third-order valence-corrected chi connectivity index (χ3v) is 15.2. The molecule has 1 saturated heterocycles. The van der Waals surface area contributed by atoms with Crippen molar-refractivity contribution in [2.24, 2.45) is 0 Å². The zero-order valence-corrected chi connectivity index (χ0v) is 45.3. The summed E-state index contributed by atoms with van der Waals surface area (Å²) in [6.45, 7) is 2.96. The van der Waals surface area contributed by atoms with Crippen LogP contribution in [-0.2, 0) is 71.3 Å². The van der Waals surface area contributed by atoms with Crippen molar-refractivity contribution >= 4 is 73.5 Å². The highest BCUT2D eigenvalue weighted by Crippen LogP contribution is 2.27. The van der Waals surface area contributed by atoms with E-state index in [2.05, 4.69) is 42.4 Å². The first-order valence-corrected chi connectivity index (χ1v) is 28.5. The Bertz CT molecular complexity index is 2630. The number of carboxylic acid groups (broad SMARTS) is 4. The molecule has 3 heterocycles. The van der Waals surface area contributed by atoms with Crippen molar-refractivity contribution in [3.63, 3.8) is 0 Å². The van der Waals surface area contributed by atoms with Crippen molar-refractivity contribution in [2.75, 3.05) is 96.2 Å². The number of unbranched alkanes of at least 4 members (excludes halogenated alkanes) is 1. The Balaban J connectivity index is 1.18. The number of rotatable bonds is 32. The first-order chi connectivity index (χ1) is 36.8. The number of nitrogens with one attached hydrogen (secondary N) is 6. The highest BCUT2D eigenvalue weighted by molar-refractivity contribution is 7.89. The van der Waals surface area contributed by atoms with E-state index in [-0.39, 0.29) is 120 Å². The molecule has 1 fully saturated rings. The molecule has 434 valence electrons. The van der Waals surface area contributed by atoms with Gasteiger partial charge in [0, 0.05) is 90.4 Å². The van der Waals surface area contributed by atoms with Crippen molar-refractivity contribution in [2.45, 2.75) is 101 Å². The van der Waals surface area contributed by atoms with Gasteiger partial charge in [-0.15, -0.1) is 0 Å². The van der Waals surface area contributed by atoms with Crippen LogP contribution < -0.4 is 36.0 Å². The summed E-state index contributed by atoms with van der Waals surface area (Å²) in [5, 5.41) is 51.5. The molecule has 4 rings (SSSR count). The Hall–Kier alpha value is -6.57. The van der Waals surface area contributed by atoms with Gasteiger partial charge in [0.25, 0.3) is 10.1 Å². The number of fused-ring (bicyclic) bond motifs is 1. The third kappa shape index (κ3) is 22.8. The smallest absolute Gasteiger partial charge is 0.323 e. The molecule has 3 atom stereocenters. The van der Waals surface area contributed by atoms with Gasteiger partial charge >= 0.3 is 23.9 Å². The summed E-state index contributed by atoms with van der Waals surface area (Å²) >= 11 is 0. The lowest BCUT2D eigenvalue weighted by atomic mass is 10.1. The molecule has 0 aliphatic carbocycles. The van der Waals surface area contributed by atoms with Crippen LogP contribution in [0.3, 0.4) is 0 Å². The highest BCUT2D eigenvalue weighted by Gasteiger charge is 2.32. The number of hydrogen-bond donors (Lipinski definition) is 11. The number of benzene rings is 1. The Morgan fingerprint density at radius 3 is 1.94 bits per heavy atom. The minimum absolute atomic E-state index is 0.00953. The molecule has 0 spiro atoms. The van der Waals surface area contributed by atoms with Crippen LogP contribution in [0.15, 0.2) is 29.2 Å². The molecule has 11 N–H and O–H groups in total. The second-order valence-corrected chi connectivity index (χ2v) is 22.1. The summed E-state index contributed by atoms with van der Waals surface area (Å²) < 4.78 is 68.0. The molecule has 30 heteroatoms. The number of amides is 4. The zero-order valence-electron chi connectivity index (χ0n) is 43.7. The lowest BCUT2D eigenvalue weighted by Gasteiger charge is -2.30. The number of carbonyl (C=O) groups excluding carboxylic acids is 4. The van der Waals surface area contributed by atoms with E-state index in [0.717, 1.165) is 30.9 Å². The van der Waals surface area contributed by atoms with Gasteiger partial charge in [-0.1, -0.05) is 6.07 Å². The fraction of sp³-hybridized carbons (Fsp3) is 0.604. The van der Waals surface area contributed by atoms with Crippen molar-refractivity contribution in [1.82, 2.24) is 45.7 Å². The van der Waals surface area contributed by atoms with Gasteiger partial charge in [-0.2, -0.15) is 13.1 Å². The minimum atomic E-state index is -4.84. The summed E-state index contributed by atoms with van der Waals surface area (Å²) in [7, 11) is -9.26. The van der Waals surface area contributed by atoms with Crippen LogP contribution in [0.2, 0.25) is 0 Å². The Morgan fingerprint density at radius 1 is 0.731 bits per heavy atom. The van der Waals surface area contributed by atoms with Crippen molar-refractivity contribution in [3.8, 4) is 5.75 Å². The van der Waals surface area contributed by atoms with Crippen molar-refractivity contribution < 1.29 is 84.9 Å². The number of carboxylic acids is 4. The van der Waals surface area contributed by atoms with Crippen LogP contribution in [0, 0.1) is 13.8 Å². The van der Waals surface area contributed by atoms with E-state index in [1.54, 1.807) is 0 Å². The maximum absolute atomic E-state index is 13.5. The number of nitrogens with zero attached hydrogens (tertiary/aromatic N) is 4. The second kappa shape index (κ2) is 31.1. The van der Waals surface area contributed by atoms with Crippen LogP contribution in [-0.4, -0.2) is 218 Å². The van der Waals surface area contributed by atoms with Gasteiger partial charge in [-0.05, 0) is 93.7 Å². The number of hydrogen-bond acceptors (Lipinski definition) is 18. The van der Waals surface area contributed by atoms with E-state index in [1.165, 1.54) is 46.2 Å². The molecule has 4 amide bonds. The molecule has 78 heavy (non-hydrogen) atoms. The summed E-state index contributed by atoms with van der Waals surface area (Å²) in [6.07, 6.45) is 3.22. The molecule has 0 radical (unpaired) electrons. The topological polar surface area (TPSA) is 410 Å². The average molecular weight is 1140 g/mol. The molecule has 1 aromatic carbocycles. The van der Waals surface area contributed by atoms with Crippen molar-refractivity contribution in [1.29, 1.82) is 0 Å². The molecule has 1 unspecified atom stereocenters. The van der Waals surface area contributed by atoms with Gasteiger partial charge in [0.1, 0.15) is 35.4 Å². The minimum Gasteiger partial charge on any atom is -0.494 e. The van der Waals surface area contributed by atoms with Gasteiger partial charge in [-0.3, -0.25) is 57.6 Å². The first kappa shape index (κ1) is 64.0. The summed E-state index contributed by atoms with van der Waals surface area (Å²) in [5.41, 5.74) is 2.54. The number of ether oxygens (including phenoxy) is 1. The SMILES string of the molecule is Cc1cc(OCCCC(=O)NCCNC(=O)C(CS(=O)(=O)O)NC(=O)CC[C@H](C(=O)O)N2CCN(CC(=O)O)CCN(CC(=O)O)CC2)cc(C)c1S(=O)(=O)N[C@H](CNC(=O)CCCCc1ccc2c(n1)NCCC2)C(=O)O. The zero-order chi connectivity index (χ0) is 57.6. The fourth-order valence-electron chi connectivity index (χ4n) is 8.83. The number of aryl methyl sites for hydroxylation is 4. The van der Waals surface area contributed by atoms with Gasteiger partial charge in [0.2, 0.25) is 33.7 Å². The highest BCUT2D eigenvalue weighted by atomic mass is 32.2. The molecular weight excluding hydrogens is 1070 g/mol. The van der Waals surface area contributed by atoms with Gasteiger partial charge in [0.05, 0.1) is 24.6 Å². The van der Waals surface area contributed by atoms with Crippen molar-refractivity contribution in [3.05, 3.63) is 46.6 Å². The van der Waals surface area contributed by atoms with E-state index >= 15 is 0 Å². The largest absolute Gasteiger partial charge is 0.494 e. The van der Waals surface area contributed by atoms with Gasteiger partial charge in [0.15, 0.2) is 0 Å². The predicted molar refractivity (Wildman–Crippen MR) is 279 cm³/mol. The van der Waals surface area contributed by atoms with Crippen LogP contribution in [0.4, 0.5) is 5.82 Å². The Labute approximate surface area is 452 Å². The Morgan fingerprint density at radius 2 is 1.33 bits per heavy atom. The summed E-state index contributed by atoms with van der Waals surface area (Å²) in [6, 6.07) is 2.07. The number of carbonyl (C=O) groups is 8. The van der Waals surface area contributed by atoms with E-state index in [1.807, 2.05) is 6.07 Å². The van der Waals surface area contributed by atoms with Crippen LogP contribution in [0.5, 0.6) is 5.75 Å². The second-order valence-electron chi connectivity index (χ2n) is 19.0. The van der Waals surface area contributed by atoms with E-state index in [9.17, 15) is 80.2 Å². The summed E-state index contributed by atoms with van der Waals surface area (Å²) in [5.74, 6) is -8.08. The lowest BCUT2D eigenvalue weighted by Crippen LogP contribution is -2.52. The quantitative estimate of drug-likeness (QED) is 0.0290. The predicted octanol–water partition coefficient (Wildman–Crippen LogP) is -1.60. The first-order valence-electron chi connectivity index (χ1n) is 25.4. The number of sulfonamides is 1. The summed E-state index contributed by atoms with van der Waals surface area (Å²) in [4.78, 5) is 107. The third-order valence-electron chi connectivity index (χ3n) is 12.7. The molecule has 0 bridgehead atoms. The monoisotopic (exact) mass is 1140 g/mol. The maximum Gasteiger partial charge on any atom is 0.323 e. The molecule has 2 aliphatic rings. The lowest BCUT2D eigenvalue weighted by molar-refractivity contribution is -0.145. The Kier molecular flexibility index (Phi) is 25.5. The molecule has 2 aliphatic heterocycles. The molecular formula is C48H72N10O18S2. The van der Waals surface area contributed by atoms with E-state index in [4.69, 9.17) is 4.74 Å². The average Bonchev–Trinajstić information content (AvgIpc) is 3.44. The van der Waals surface area contributed by atoms with Gasteiger partial charge in [-0.25, -0.2) is 13.4 Å². The number of aliphatic carboxylic acids is 4. The molecule has 0 saturated carbocycles. The maximum atomic E-state index is 13.5. The number of aromatic nitrogens is 1.